The summed E-state index contributed by atoms with van der Waals surface area (Å²) in [5, 5.41) is 16.4. The summed E-state index contributed by atoms with van der Waals surface area (Å²) >= 11 is 1.83. The van der Waals surface area contributed by atoms with E-state index >= 15 is 0 Å². The van der Waals surface area contributed by atoms with Gasteiger partial charge in [0.15, 0.2) is 5.69 Å². The van der Waals surface area contributed by atoms with Crippen LogP contribution < -0.4 is 5.32 Å². The maximum Gasteiger partial charge on any atom is 0.273 e. The molecule has 1 aliphatic heterocycles. The number of aliphatic hydroxyl groups is 1. The number of hydrogen-bond acceptors (Lipinski definition) is 5. The lowest BCUT2D eigenvalue weighted by atomic mass is 9.97. The lowest BCUT2D eigenvalue weighted by molar-refractivity contribution is 0.0310. The van der Waals surface area contributed by atoms with E-state index < -0.39 is 5.60 Å². The van der Waals surface area contributed by atoms with Crippen LogP contribution in [0.2, 0.25) is 0 Å². The van der Waals surface area contributed by atoms with Gasteiger partial charge in [0.1, 0.15) is 6.26 Å². The third kappa shape index (κ3) is 2.76. The molecule has 1 aromatic rings. The highest BCUT2D eigenvalue weighted by atomic mass is 32.2. The fourth-order valence-electron chi connectivity index (χ4n) is 1.59. The molecule has 0 aliphatic carbocycles. The molecule has 0 unspecified atom stereocenters. The number of nitrogens with zero attached hydrogens (tertiary/aromatic N) is 1. The van der Waals surface area contributed by atoms with Gasteiger partial charge in [-0.25, -0.2) is 0 Å². The second-order valence-electron chi connectivity index (χ2n) is 3.90. The van der Waals surface area contributed by atoms with Crippen molar-refractivity contribution in [1.82, 2.24) is 10.5 Å². The van der Waals surface area contributed by atoms with Crippen LogP contribution in [0, 0.1) is 0 Å². The van der Waals surface area contributed by atoms with Gasteiger partial charge in [0, 0.05) is 12.6 Å². The molecule has 1 aliphatic rings. The summed E-state index contributed by atoms with van der Waals surface area (Å²) in [5.41, 5.74) is -0.515. The number of aromatic nitrogens is 1. The van der Waals surface area contributed by atoms with Crippen molar-refractivity contribution in [2.45, 2.75) is 18.4 Å². The average molecular weight is 242 g/mol. The fraction of sp³-hybridized carbons (Fsp3) is 0.600. The molecule has 6 heteroatoms. The standard InChI is InChI=1S/C10H14N2O3S/c13-9(8-1-4-15-12-8)11-7-10(14)2-5-16-6-3-10/h1,4,14H,2-3,5-7H2,(H,11,13). The van der Waals surface area contributed by atoms with Gasteiger partial charge < -0.3 is 14.9 Å². The second kappa shape index (κ2) is 4.88. The van der Waals surface area contributed by atoms with Crippen LogP contribution in [0.3, 0.4) is 0 Å². The smallest absolute Gasteiger partial charge is 0.273 e. The number of amides is 1. The van der Waals surface area contributed by atoms with E-state index in [1.807, 2.05) is 11.8 Å². The van der Waals surface area contributed by atoms with Gasteiger partial charge in [0.2, 0.25) is 0 Å². The highest BCUT2D eigenvalue weighted by molar-refractivity contribution is 7.99. The molecule has 2 N–H and O–H groups in total. The quantitative estimate of drug-likeness (QED) is 0.814. The molecular weight excluding hydrogens is 228 g/mol. The maximum atomic E-state index is 11.5. The summed E-state index contributed by atoms with van der Waals surface area (Å²) in [4.78, 5) is 11.5. The third-order valence-corrected chi connectivity index (χ3v) is 3.66. The number of rotatable bonds is 3. The van der Waals surface area contributed by atoms with Crippen molar-refractivity contribution in [3.05, 3.63) is 18.0 Å². The van der Waals surface area contributed by atoms with E-state index in [4.69, 9.17) is 0 Å². The molecule has 0 aromatic carbocycles. The summed E-state index contributed by atoms with van der Waals surface area (Å²) in [6.07, 6.45) is 2.79. The molecule has 88 valence electrons. The highest BCUT2D eigenvalue weighted by Crippen LogP contribution is 2.26. The van der Waals surface area contributed by atoms with Crippen LogP contribution in [0.1, 0.15) is 23.3 Å². The van der Waals surface area contributed by atoms with Crippen LogP contribution in [-0.2, 0) is 0 Å². The predicted molar refractivity (Wildman–Crippen MR) is 60.3 cm³/mol. The van der Waals surface area contributed by atoms with Crippen LogP contribution in [0.25, 0.3) is 0 Å². The Labute approximate surface area is 97.6 Å². The lowest BCUT2D eigenvalue weighted by Crippen LogP contribution is -2.45. The van der Waals surface area contributed by atoms with E-state index in [9.17, 15) is 9.90 Å². The Morgan fingerprint density at radius 2 is 2.38 bits per heavy atom. The van der Waals surface area contributed by atoms with E-state index in [1.165, 1.54) is 12.3 Å². The lowest BCUT2D eigenvalue weighted by Gasteiger charge is -2.31. The maximum absolute atomic E-state index is 11.5. The first-order valence-corrected chi connectivity index (χ1v) is 6.34. The molecule has 1 saturated heterocycles. The van der Waals surface area contributed by atoms with Crippen LogP contribution in [0.15, 0.2) is 16.9 Å². The molecule has 2 heterocycles. The van der Waals surface area contributed by atoms with Gasteiger partial charge >= 0.3 is 0 Å². The summed E-state index contributed by atoms with van der Waals surface area (Å²) in [7, 11) is 0. The van der Waals surface area contributed by atoms with Crippen molar-refractivity contribution in [3.8, 4) is 0 Å². The summed E-state index contributed by atoms with van der Waals surface area (Å²) in [6, 6.07) is 1.50. The average Bonchev–Trinajstić information content (AvgIpc) is 2.80. The first-order chi connectivity index (χ1) is 7.70. The van der Waals surface area contributed by atoms with Crippen molar-refractivity contribution in [2.75, 3.05) is 18.1 Å². The molecule has 0 atom stereocenters. The molecule has 1 aromatic heterocycles. The van der Waals surface area contributed by atoms with E-state index in [-0.39, 0.29) is 18.1 Å². The Kier molecular flexibility index (Phi) is 3.50. The molecule has 0 bridgehead atoms. The Morgan fingerprint density at radius 3 is 3.00 bits per heavy atom. The fourth-order valence-corrected chi connectivity index (χ4v) is 2.85. The van der Waals surface area contributed by atoms with Gasteiger partial charge in [-0.05, 0) is 24.3 Å². The van der Waals surface area contributed by atoms with Crippen LogP contribution >= 0.6 is 11.8 Å². The third-order valence-electron chi connectivity index (χ3n) is 2.67. The zero-order valence-corrected chi connectivity index (χ0v) is 9.63. The minimum Gasteiger partial charge on any atom is -0.388 e. The zero-order valence-electron chi connectivity index (χ0n) is 8.81. The van der Waals surface area contributed by atoms with E-state index in [1.54, 1.807) is 0 Å². The minimum atomic E-state index is -0.759. The Balaban J connectivity index is 1.84. The Morgan fingerprint density at radius 1 is 1.62 bits per heavy atom. The number of carbonyl (C=O) groups is 1. The molecule has 1 amide bonds. The Bertz CT molecular complexity index is 347. The van der Waals surface area contributed by atoms with Crippen molar-refractivity contribution in [2.24, 2.45) is 0 Å². The number of hydrogen-bond donors (Lipinski definition) is 2. The molecule has 0 saturated carbocycles. The summed E-state index contributed by atoms with van der Waals surface area (Å²) in [6.45, 7) is 0.277. The van der Waals surface area contributed by atoms with E-state index in [0.717, 1.165) is 24.3 Å². The monoisotopic (exact) mass is 242 g/mol. The van der Waals surface area contributed by atoms with E-state index in [2.05, 4.69) is 15.0 Å². The van der Waals surface area contributed by atoms with Crippen molar-refractivity contribution < 1.29 is 14.4 Å². The zero-order chi connectivity index (χ0) is 11.4. The summed E-state index contributed by atoms with van der Waals surface area (Å²) in [5.74, 6) is 1.58. The van der Waals surface area contributed by atoms with Crippen LogP contribution in [0.4, 0.5) is 0 Å². The Hall–Kier alpha value is -1.01. The molecule has 1 fully saturated rings. The predicted octanol–water partition coefficient (Wildman–Crippen LogP) is 0.662. The van der Waals surface area contributed by atoms with Gasteiger partial charge in [-0.15, -0.1) is 0 Å². The molecule has 5 nitrogen and oxygen atoms in total. The minimum absolute atomic E-state index is 0.244. The van der Waals surface area contributed by atoms with Gasteiger partial charge in [-0.1, -0.05) is 5.16 Å². The van der Waals surface area contributed by atoms with E-state index in [0.29, 0.717) is 0 Å². The van der Waals surface area contributed by atoms with Gasteiger partial charge in [0.25, 0.3) is 5.91 Å². The topological polar surface area (TPSA) is 75.4 Å². The van der Waals surface area contributed by atoms with Crippen molar-refractivity contribution in [3.63, 3.8) is 0 Å². The molecule has 0 spiro atoms. The normalized spacial score (nSPS) is 19.3. The summed E-state index contributed by atoms with van der Waals surface area (Å²) < 4.78 is 4.58. The highest BCUT2D eigenvalue weighted by Gasteiger charge is 2.30. The van der Waals surface area contributed by atoms with Crippen LogP contribution in [0.5, 0.6) is 0 Å². The SMILES string of the molecule is O=C(NCC1(O)CCSCC1)c1ccon1. The molecule has 2 rings (SSSR count). The number of thioether (sulfide) groups is 1. The van der Waals surface area contributed by atoms with Crippen molar-refractivity contribution >= 4 is 17.7 Å². The number of nitrogens with one attached hydrogen (secondary N) is 1. The second-order valence-corrected chi connectivity index (χ2v) is 5.13. The first kappa shape index (κ1) is 11.5. The molecule has 16 heavy (non-hydrogen) atoms. The molecular formula is C10H14N2O3S. The van der Waals surface area contributed by atoms with Gasteiger partial charge in [0.05, 0.1) is 5.60 Å². The van der Waals surface area contributed by atoms with Crippen LogP contribution in [-0.4, -0.2) is 39.8 Å². The largest absolute Gasteiger partial charge is 0.388 e. The first-order valence-electron chi connectivity index (χ1n) is 5.18. The van der Waals surface area contributed by atoms with Gasteiger partial charge in [-0.3, -0.25) is 4.79 Å². The van der Waals surface area contributed by atoms with Crippen molar-refractivity contribution in [1.29, 1.82) is 0 Å². The van der Waals surface area contributed by atoms with Gasteiger partial charge in [-0.2, -0.15) is 11.8 Å². The number of carbonyl (C=O) groups excluding carboxylic acids is 1. The molecule has 0 radical (unpaired) electrons.